The van der Waals surface area contributed by atoms with E-state index in [0.29, 0.717) is 0 Å². The van der Waals surface area contributed by atoms with Crippen molar-refractivity contribution in [3.8, 4) is 0 Å². The topological polar surface area (TPSA) is 26.0 Å². The summed E-state index contributed by atoms with van der Waals surface area (Å²) in [6, 6.07) is 8.81. The number of rotatable bonds is 2. The average molecular weight is 203 g/mol. The van der Waals surface area contributed by atoms with E-state index in [2.05, 4.69) is 31.2 Å². The summed E-state index contributed by atoms with van der Waals surface area (Å²) in [5.74, 6) is 0. The van der Waals surface area contributed by atoms with Crippen LogP contribution in [0.3, 0.4) is 0 Å². The molecule has 1 fully saturated rings. The van der Waals surface area contributed by atoms with E-state index in [0.717, 1.165) is 6.42 Å². The number of hydrogen-bond donors (Lipinski definition) is 1. The third-order valence-corrected chi connectivity index (χ3v) is 3.53. The monoisotopic (exact) mass is 203 g/mol. The molecule has 0 heterocycles. The molecule has 1 saturated carbocycles. The molecule has 0 aliphatic heterocycles. The van der Waals surface area contributed by atoms with Crippen molar-refractivity contribution in [3.63, 3.8) is 0 Å². The van der Waals surface area contributed by atoms with Gasteiger partial charge in [0, 0.05) is 5.54 Å². The summed E-state index contributed by atoms with van der Waals surface area (Å²) in [4.78, 5) is 0. The van der Waals surface area contributed by atoms with Crippen LogP contribution in [0.1, 0.15) is 43.2 Å². The van der Waals surface area contributed by atoms with Crippen molar-refractivity contribution in [2.24, 2.45) is 5.73 Å². The molecule has 1 aromatic carbocycles. The minimum absolute atomic E-state index is 0.0769. The second-order valence-electron chi connectivity index (χ2n) is 5.09. The average Bonchev–Trinajstić information content (AvgIpc) is 2.22. The van der Waals surface area contributed by atoms with Gasteiger partial charge in [0.2, 0.25) is 0 Å². The minimum Gasteiger partial charge on any atom is -0.325 e. The highest BCUT2D eigenvalue weighted by Gasteiger charge is 2.27. The van der Waals surface area contributed by atoms with Crippen molar-refractivity contribution in [2.45, 2.75) is 51.0 Å². The van der Waals surface area contributed by atoms with Gasteiger partial charge in [-0.15, -0.1) is 0 Å². The van der Waals surface area contributed by atoms with E-state index in [9.17, 15) is 0 Å². The van der Waals surface area contributed by atoms with Crippen molar-refractivity contribution in [1.29, 1.82) is 0 Å². The molecule has 0 radical (unpaired) electrons. The number of benzene rings is 1. The Morgan fingerprint density at radius 3 is 2.27 bits per heavy atom. The van der Waals surface area contributed by atoms with Gasteiger partial charge >= 0.3 is 0 Å². The Morgan fingerprint density at radius 1 is 1.07 bits per heavy atom. The summed E-state index contributed by atoms with van der Waals surface area (Å²) in [6.07, 6.45) is 7.42. The molecule has 0 amide bonds. The Labute approximate surface area is 92.7 Å². The highest BCUT2D eigenvalue weighted by Crippen LogP contribution is 2.29. The van der Waals surface area contributed by atoms with E-state index in [4.69, 9.17) is 5.73 Å². The van der Waals surface area contributed by atoms with Gasteiger partial charge in [-0.2, -0.15) is 0 Å². The van der Waals surface area contributed by atoms with Crippen LogP contribution in [0.5, 0.6) is 0 Å². The number of aryl methyl sites for hydroxylation is 1. The zero-order chi connectivity index (χ0) is 10.7. The highest BCUT2D eigenvalue weighted by atomic mass is 14.7. The van der Waals surface area contributed by atoms with E-state index in [1.807, 2.05) is 0 Å². The Hall–Kier alpha value is -0.820. The lowest BCUT2D eigenvalue weighted by Crippen LogP contribution is -2.43. The molecule has 1 aliphatic rings. The van der Waals surface area contributed by atoms with Gasteiger partial charge in [0.1, 0.15) is 0 Å². The number of hydrogen-bond acceptors (Lipinski definition) is 1. The maximum Gasteiger partial charge on any atom is 0.0195 e. The quantitative estimate of drug-likeness (QED) is 0.785. The van der Waals surface area contributed by atoms with Gasteiger partial charge in [-0.1, -0.05) is 49.1 Å². The Kier molecular flexibility index (Phi) is 3.11. The Balaban J connectivity index is 2.03. The fourth-order valence-corrected chi connectivity index (χ4v) is 2.55. The van der Waals surface area contributed by atoms with Crippen molar-refractivity contribution in [3.05, 3.63) is 35.4 Å². The molecule has 2 rings (SSSR count). The van der Waals surface area contributed by atoms with Crippen LogP contribution in [-0.2, 0) is 6.42 Å². The maximum absolute atomic E-state index is 6.43. The summed E-state index contributed by atoms with van der Waals surface area (Å²) < 4.78 is 0. The minimum atomic E-state index is 0.0769. The fraction of sp³-hybridized carbons (Fsp3) is 0.571. The van der Waals surface area contributed by atoms with Gasteiger partial charge in [0.15, 0.2) is 0 Å². The molecule has 1 nitrogen and oxygen atoms in total. The van der Waals surface area contributed by atoms with Crippen LogP contribution in [0.4, 0.5) is 0 Å². The van der Waals surface area contributed by atoms with Crippen LogP contribution in [0.25, 0.3) is 0 Å². The van der Waals surface area contributed by atoms with Gasteiger partial charge in [0.25, 0.3) is 0 Å². The van der Waals surface area contributed by atoms with Crippen LogP contribution >= 0.6 is 0 Å². The summed E-state index contributed by atoms with van der Waals surface area (Å²) in [5.41, 5.74) is 9.23. The first-order valence-corrected chi connectivity index (χ1v) is 6.02. The first-order valence-electron chi connectivity index (χ1n) is 6.02. The molecule has 0 saturated heterocycles. The molecule has 2 N–H and O–H groups in total. The van der Waals surface area contributed by atoms with Crippen LogP contribution in [-0.4, -0.2) is 5.54 Å². The zero-order valence-corrected chi connectivity index (χ0v) is 9.63. The summed E-state index contributed by atoms with van der Waals surface area (Å²) in [5, 5.41) is 0. The molecule has 82 valence electrons. The van der Waals surface area contributed by atoms with Crippen molar-refractivity contribution in [2.75, 3.05) is 0 Å². The third-order valence-electron chi connectivity index (χ3n) is 3.53. The molecule has 0 atom stereocenters. The molecule has 0 bridgehead atoms. The Bertz CT molecular complexity index is 307. The van der Waals surface area contributed by atoms with Crippen molar-refractivity contribution < 1.29 is 0 Å². The number of nitrogens with two attached hydrogens (primary N) is 1. The van der Waals surface area contributed by atoms with Crippen molar-refractivity contribution in [1.82, 2.24) is 0 Å². The van der Waals surface area contributed by atoms with E-state index in [1.165, 1.54) is 43.2 Å². The lowest BCUT2D eigenvalue weighted by molar-refractivity contribution is 0.294. The first-order chi connectivity index (χ1) is 7.18. The molecular formula is C14H21N. The Morgan fingerprint density at radius 2 is 1.67 bits per heavy atom. The van der Waals surface area contributed by atoms with Gasteiger partial charge < -0.3 is 5.73 Å². The van der Waals surface area contributed by atoms with E-state index >= 15 is 0 Å². The normalized spacial score (nSPS) is 20.1. The molecular weight excluding hydrogens is 182 g/mol. The molecule has 1 aliphatic carbocycles. The molecule has 0 aromatic heterocycles. The van der Waals surface area contributed by atoms with Gasteiger partial charge in [-0.25, -0.2) is 0 Å². The largest absolute Gasteiger partial charge is 0.325 e. The second-order valence-corrected chi connectivity index (χ2v) is 5.09. The summed E-state index contributed by atoms with van der Waals surface area (Å²) >= 11 is 0. The molecule has 1 heteroatoms. The van der Waals surface area contributed by atoms with E-state index < -0.39 is 0 Å². The fourth-order valence-electron chi connectivity index (χ4n) is 2.55. The third kappa shape index (κ3) is 2.82. The van der Waals surface area contributed by atoms with Crippen LogP contribution < -0.4 is 5.73 Å². The summed E-state index contributed by atoms with van der Waals surface area (Å²) in [7, 11) is 0. The lowest BCUT2D eigenvalue weighted by atomic mass is 9.78. The predicted molar refractivity (Wildman–Crippen MR) is 64.9 cm³/mol. The first kappa shape index (κ1) is 10.7. The maximum atomic E-state index is 6.43. The second kappa shape index (κ2) is 4.36. The van der Waals surface area contributed by atoms with Gasteiger partial charge in [-0.05, 0) is 31.7 Å². The molecule has 0 spiro atoms. The smallest absolute Gasteiger partial charge is 0.0195 e. The highest BCUT2D eigenvalue weighted by molar-refractivity contribution is 5.23. The molecule has 0 unspecified atom stereocenters. The van der Waals surface area contributed by atoms with Gasteiger partial charge in [-0.3, -0.25) is 0 Å². The zero-order valence-electron chi connectivity index (χ0n) is 9.63. The SMILES string of the molecule is Cc1ccc(CC2(N)CCCCC2)cc1. The molecule has 1 aromatic rings. The molecule has 15 heavy (non-hydrogen) atoms. The predicted octanol–water partition coefficient (Wildman–Crippen LogP) is 3.20. The van der Waals surface area contributed by atoms with Crippen LogP contribution in [0, 0.1) is 6.92 Å². The summed E-state index contributed by atoms with van der Waals surface area (Å²) in [6.45, 7) is 2.13. The van der Waals surface area contributed by atoms with Crippen molar-refractivity contribution >= 4 is 0 Å². The lowest BCUT2D eigenvalue weighted by Gasteiger charge is -2.33. The van der Waals surface area contributed by atoms with Gasteiger partial charge in [0.05, 0.1) is 0 Å². The van der Waals surface area contributed by atoms with E-state index in [-0.39, 0.29) is 5.54 Å². The van der Waals surface area contributed by atoms with E-state index in [1.54, 1.807) is 0 Å². The van der Waals surface area contributed by atoms with Crippen LogP contribution in [0.15, 0.2) is 24.3 Å². The van der Waals surface area contributed by atoms with Crippen LogP contribution in [0.2, 0.25) is 0 Å². The standard InChI is InChI=1S/C14H21N/c1-12-5-7-13(8-6-12)11-14(15)9-3-2-4-10-14/h5-8H,2-4,9-11,15H2,1H3.